The molecule has 0 saturated heterocycles. The molecule has 9 heteroatoms. The second-order valence-electron chi connectivity index (χ2n) is 5.49. The summed E-state index contributed by atoms with van der Waals surface area (Å²) in [5.41, 5.74) is -0.874. The van der Waals surface area contributed by atoms with Gasteiger partial charge in [-0.25, -0.2) is 4.79 Å². The fourth-order valence-corrected chi connectivity index (χ4v) is 2.28. The molecular formula is C17H18F3N3O3. The van der Waals surface area contributed by atoms with E-state index in [0.29, 0.717) is 5.76 Å². The van der Waals surface area contributed by atoms with E-state index in [4.69, 9.17) is 4.42 Å². The molecule has 1 aromatic carbocycles. The van der Waals surface area contributed by atoms with Crippen LogP contribution in [-0.4, -0.2) is 18.5 Å². The van der Waals surface area contributed by atoms with Crippen LogP contribution in [0.5, 0.6) is 0 Å². The number of alkyl halides is 3. The summed E-state index contributed by atoms with van der Waals surface area (Å²) in [6.45, 7) is 1.28. The highest BCUT2D eigenvalue weighted by atomic mass is 19.4. The Morgan fingerprint density at radius 3 is 2.50 bits per heavy atom. The van der Waals surface area contributed by atoms with Crippen LogP contribution in [0.15, 0.2) is 47.1 Å². The molecule has 2 rings (SSSR count). The van der Waals surface area contributed by atoms with Crippen molar-refractivity contribution in [3.8, 4) is 0 Å². The summed E-state index contributed by atoms with van der Waals surface area (Å²) in [6, 6.07) is 6.71. The molecule has 3 amide bonds. The predicted octanol–water partition coefficient (Wildman–Crippen LogP) is 2.98. The average Bonchev–Trinajstić information content (AvgIpc) is 3.11. The lowest BCUT2D eigenvalue weighted by atomic mass is 10.0. The monoisotopic (exact) mass is 369 g/mol. The molecule has 2 aromatic rings. The minimum absolute atomic E-state index is 0.0579. The van der Waals surface area contributed by atoms with Gasteiger partial charge in [-0.1, -0.05) is 18.2 Å². The molecule has 0 aliphatic heterocycles. The standard InChI is InChI=1S/C17H18F3N3O3/c1-11(13-6-2-3-7-14(13)17(18,19)20)23-16(25)22-10-15(24)21-9-12-5-4-8-26-12/h2-8,11H,9-10H2,1H3,(H,21,24)(H2,22,23,25)/t11-/m0/s1. The Morgan fingerprint density at radius 1 is 1.12 bits per heavy atom. The number of carbonyl (C=O) groups excluding carboxylic acids is 2. The second kappa shape index (κ2) is 8.41. The molecule has 0 bridgehead atoms. The number of halogens is 3. The lowest BCUT2D eigenvalue weighted by molar-refractivity contribution is -0.138. The second-order valence-corrected chi connectivity index (χ2v) is 5.49. The van der Waals surface area contributed by atoms with Gasteiger partial charge in [0.15, 0.2) is 0 Å². The lowest BCUT2D eigenvalue weighted by Gasteiger charge is -2.19. The molecule has 3 N–H and O–H groups in total. The summed E-state index contributed by atoms with van der Waals surface area (Å²) in [6.07, 6.45) is -3.05. The lowest BCUT2D eigenvalue weighted by Crippen LogP contribution is -2.42. The minimum Gasteiger partial charge on any atom is -0.467 e. The number of urea groups is 1. The van der Waals surface area contributed by atoms with Crippen molar-refractivity contribution in [2.24, 2.45) is 0 Å². The first kappa shape index (κ1) is 19.4. The molecule has 1 aromatic heterocycles. The number of carbonyl (C=O) groups is 2. The van der Waals surface area contributed by atoms with Gasteiger partial charge in [-0.05, 0) is 30.7 Å². The van der Waals surface area contributed by atoms with E-state index in [1.165, 1.54) is 31.4 Å². The third-order valence-electron chi connectivity index (χ3n) is 3.53. The van der Waals surface area contributed by atoms with Crippen LogP contribution in [0.25, 0.3) is 0 Å². The van der Waals surface area contributed by atoms with Crippen LogP contribution in [0.4, 0.5) is 18.0 Å². The zero-order valence-corrected chi connectivity index (χ0v) is 13.9. The quantitative estimate of drug-likeness (QED) is 0.732. The smallest absolute Gasteiger partial charge is 0.416 e. The van der Waals surface area contributed by atoms with Gasteiger partial charge in [-0.3, -0.25) is 4.79 Å². The van der Waals surface area contributed by atoms with Gasteiger partial charge in [0.1, 0.15) is 5.76 Å². The topological polar surface area (TPSA) is 83.4 Å². The van der Waals surface area contributed by atoms with Gasteiger partial charge in [0, 0.05) is 0 Å². The summed E-state index contributed by atoms with van der Waals surface area (Å²) in [7, 11) is 0. The van der Waals surface area contributed by atoms with Crippen molar-refractivity contribution in [1.29, 1.82) is 0 Å². The Morgan fingerprint density at radius 2 is 1.85 bits per heavy atom. The first-order chi connectivity index (χ1) is 12.3. The Bertz CT molecular complexity index is 745. The summed E-state index contributed by atoms with van der Waals surface area (Å²) < 4.78 is 44.1. The number of amides is 3. The van der Waals surface area contributed by atoms with Crippen molar-refractivity contribution in [2.75, 3.05) is 6.54 Å². The van der Waals surface area contributed by atoms with Crippen LogP contribution in [0.3, 0.4) is 0 Å². The first-order valence-electron chi connectivity index (χ1n) is 7.77. The van der Waals surface area contributed by atoms with E-state index in [1.807, 2.05) is 0 Å². The summed E-state index contributed by atoms with van der Waals surface area (Å²) in [5, 5.41) is 7.21. The van der Waals surface area contributed by atoms with Gasteiger partial charge < -0.3 is 20.4 Å². The normalized spacial score (nSPS) is 12.3. The van der Waals surface area contributed by atoms with Gasteiger partial charge in [0.2, 0.25) is 5.91 Å². The minimum atomic E-state index is -4.52. The largest absolute Gasteiger partial charge is 0.467 e. The van der Waals surface area contributed by atoms with Gasteiger partial charge in [0.25, 0.3) is 0 Å². The Kier molecular flexibility index (Phi) is 6.26. The highest BCUT2D eigenvalue weighted by Crippen LogP contribution is 2.34. The Labute approximate surface area is 147 Å². The Balaban J connectivity index is 1.83. The summed E-state index contributed by atoms with van der Waals surface area (Å²) in [4.78, 5) is 23.5. The maximum Gasteiger partial charge on any atom is 0.416 e. The van der Waals surface area contributed by atoms with Gasteiger partial charge in [-0.15, -0.1) is 0 Å². The van der Waals surface area contributed by atoms with Crippen molar-refractivity contribution in [3.05, 3.63) is 59.5 Å². The molecular weight excluding hydrogens is 351 g/mol. The van der Waals surface area contributed by atoms with Crippen molar-refractivity contribution in [1.82, 2.24) is 16.0 Å². The fraction of sp³-hybridized carbons (Fsp3) is 0.294. The molecule has 0 radical (unpaired) electrons. The third kappa shape index (κ3) is 5.54. The van der Waals surface area contributed by atoms with Crippen molar-refractivity contribution >= 4 is 11.9 Å². The number of nitrogens with one attached hydrogen (secondary N) is 3. The molecule has 1 atom stereocenters. The molecule has 0 aliphatic rings. The summed E-state index contributed by atoms with van der Waals surface area (Å²) >= 11 is 0. The maximum absolute atomic E-state index is 13.0. The SMILES string of the molecule is C[C@H](NC(=O)NCC(=O)NCc1ccco1)c1ccccc1C(F)(F)F. The molecule has 6 nitrogen and oxygen atoms in total. The van der Waals surface area contributed by atoms with Crippen LogP contribution >= 0.6 is 0 Å². The first-order valence-corrected chi connectivity index (χ1v) is 7.77. The van der Waals surface area contributed by atoms with Crippen molar-refractivity contribution in [3.63, 3.8) is 0 Å². The molecule has 26 heavy (non-hydrogen) atoms. The van der Waals surface area contributed by atoms with Crippen LogP contribution in [0.2, 0.25) is 0 Å². The van der Waals surface area contributed by atoms with Gasteiger partial charge in [-0.2, -0.15) is 13.2 Å². The van der Waals surface area contributed by atoms with Crippen molar-refractivity contribution in [2.45, 2.75) is 25.7 Å². The van der Waals surface area contributed by atoms with Gasteiger partial charge in [0.05, 0.1) is 31.0 Å². The van der Waals surface area contributed by atoms with E-state index in [-0.39, 0.29) is 18.7 Å². The van der Waals surface area contributed by atoms with Crippen LogP contribution in [0, 0.1) is 0 Å². The third-order valence-corrected chi connectivity index (χ3v) is 3.53. The van der Waals surface area contributed by atoms with E-state index < -0.39 is 29.7 Å². The molecule has 140 valence electrons. The highest BCUT2D eigenvalue weighted by molar-refractivity contribution is 5.84. The number of furan rings is 1. The van der Waals surface area contributed by atoms with Crippen LogP contribution in [0.1, 0.15) is 29.9 Å². The Hall–Kier alpha value is -2.97. The van der Waals surface area contributed by atoms with E-state index in [9.17, 15) is 22.8 Å². The van der Waals surface area contributed by atoms with Crippen LogP contribution in [-0.2, 0) is 17.5 Å². The van der Waals surface area contributed by atoms with E-state index in [2.05, 4.69) is 16.0 Å². The zero-order chi connectivity index (χ0) is 19.2. The molecule has 0 aliphatic carbocycles. The maximum atomic E-state index is 13.0. The number of hydrogen-bond acceptors (Lipinski definition) is 3. The molecule has 0 fully saturated rings. The summed E-state index contributed by atoms with van der Waals surface area (Å²) in [5.74, 6) is 0.0973. The number of rotatable bonds is 6. The predicted molar refractivity (Wildman–Crippen MR) is 86.9 cm³/mol. The van der Waals surface area contributed by atoms with E-state index in [1.54, 1.807) is 12.1 Å². The zero-order valence-electron chi connectivity index (χ0n) is 13.9. The number of hydrogen-bond donors (Lipinski definition) is 3. The van der Waals surface area contributed by atoms with Crippen LogP contribution < -0.4 is 16.0 Å². The molecule has 0 unspecified atom stereocenters. The van der Waals surface area contributed by atoms with E-state index in [0.717, 1.165) is 6.07 Å². The molecule has 1 heterocycles. The molecule has 0 saturated carbocycles. The molecule has 0 spiro atoms. The van der Waals surface area contributed by atoms with Gasteiger partial charge >= 0.3 is 12.2 Å². The average molecular weight is 369 g/mol. The fourth-order valence-electron chi connectivity index (χ4n) is 2.28. The van der Waals surface area contributed by atoms with E-state index >= 15 is 0 Å². The highest BCUT2D eigenvalue weighted by Gasteiger charge is 2.34. The number of benzene rings is 1. The van der Waals surface area contributed by atoms with Crippen molar-refractivity contribution < 1.29 is 27.2 Å².